The molecule has 94 valence electrons. The van der Waals surface area contributed by atoms with Crippen LogP contribution in [0.15, 0.2) is 0 Å². The highest BCUT2D eigenvalue weighted by Gasteiger charge is 2.20. The van der Waals surface area contributed by atoms with E-state index >= 15 is 0 Å². The highest BCUT2D eigenvalue weighted by molar-refractivity contribution is 5.18. The van der Waals surface area contributed by atoms with E-state index in [4.69, 9.17) is 10.5 Å². The van der Waals surface area contributed by atoms with Gasteiger partial charge in [0.2, 0.25) is 5.95 Å². The van der Waals surface area contributed by atoms with Crippen LogP contribution in [0.25, 0.3) is 0 Å². The number of hydrogen-bond donors (Lipinski definition) is 1. The molecule has 0 bridgehead atoms. The lowest BCUT2D eigenvalue weighted by molar-refractivity contribution is 0.111. The van der Waals surface area contributed by atoms with E-state index in [0.717, 1.165) is 18.7 Å². The molecule has 0 radical (unpaired) electrons. The van der Waals surface area contributed by atoms with Crippen molar-refractivity contribution in [2.24, 2.45) is 0 Å². The summed E-state index contributed by atoms with van der Waals surface area (Å²) in [6.45, 7) is 1.92. The van der Waals surface area contributed by atoms with E-state index in [-0.39, 0.29) is 6.10 Å². The smallest absolute Gasteiger partial charge is 0.223 e. The van der Waals surface area contributed by atoms with E-state index in [0.29, 0.717) is 17.7 Å². The van der Waals surface area contributed by atoms with Crippen LogP contribution in [-0.4, -0.2) is 22.1 Å². The number of aromatic nitrogens is 3. The molecule has 5 nitrogen and oxygen atoms in total. The van der Waals surface area contributed by atoms with Gasteiger partial charge in [0.15, 0.2) is 5.82 Å². The fourth-order valence-corrected chi connectivity index (χ4v) is 2.26. The summed E-state index contributed by atoms with van der Waals surface area (Å²) in [7, 11) is 1.64. The molecule has 1 aliphatic carbocycles. The Morgan fingerprint density at radius 2 is 1.88 bits per heavy atom. The fourth-order valence-electron chi connectivity index (χ4n) is 2.26. The first-order valence-electron chi connectivity index (χ1n) is 6.25. The molecule has 1 atom stereocenters. The van der Waals surface area contributed by atoms with Gasteiger partial charge in [0, 0.05) is 13.0 Å². The molecule has 17 heavy (non-hydrogen) atoms. The van der Waals surface area contributed by atoms with E-state index in [1.807, 2.05) is 6.92 Å². The van der Waals surface area contributed by atoms with E-state index < -0.39 is 0 Å². The zero-order valence-corrected chi connectivity index (χ0v) is 10.5. The standard InChI is InChI=1S/C12H20N4O/c1-8(17-2)10-14-11(16-12(13)15-10)9-6-4-3-5-7-9/h8-9H,3-7H2,1-2H3,(H2,13,14,15,16). The van der Waals surface area contributed by atoms with Crippen LogP contribution < -0.4 is 5.73 Å². The monoisotopic (exact) mass is 236 g/mol. The van der Waals surface area contributed by atoms with E-state index in [1.54, 1.807) is 7.11 Å². The van der Waals surface area contributed by atoms with Crippen LogP contribution in [0.5, 0.6) is 0 Å². The third-order valence-corrected chi connectivity index (χ3v) is 3.37. The zero-order chi connectivity index (χ0) is 12.3. The number of nitrogens with two attached hydrogens (primary N) is 1. The quantitative estimate of drug-likeness (QED) is 0.871. The van der Waals surface area contributed by atoms with Crippen LogP contribution in [0.3, 0.4) is 0 Å². The SMILES string of the molecule is COC(C)c1nc(N)nc(C2CCCCC2)n1. The van der Waals surface area contributed by atoms with Crippen LogP contribution in [0, 0.1) is 0 Å². The lowest BCUT2D eigenvalue weighted by Crippen LogP contribution is -2.15. The largest absolute Gasteiger partial charge is 0.374 e. The lowest BCUT2D eigenvalue weighted by atomic mass is 9.89. The van der Waals surface area contributed by atoms with Gasteiger partial charge in [0.1, 0.15) is 11.9 Å². The van der Waals surface area contributed by atoms with Gasteiger partial charge in [-0.2, -0.15) is 9.97 Å². The summed E-state index contributed by atoms with van der Waals surface area (Å²) in [5.41, 5.74) is 5.74. The number of anilines is 1. The predicted octanol–water partition coefficient (Wildman–Crippen LogP) is 2.21. The Balaban J connectivity index is 2.24. The van der Waals surface area contributed by atoms with Gasteiger partial charge in [0.05, 0.1) is 0 Å². The highest BCUT2D eigenvalue weighted by atomic mass is 16.5. The summed E-state index contributed by atoms with van der Waals surface area (Å²) in [5, 5.41) is 0. The Kier molecular flexibility index (Phi) is 3.89. The van der Waals surface area contributed by atoms with Gasteiger partial charge in [-0.25, -0.2) is 4.98 Å². The number of nitrogen functional groups attached to an aromatic ring is 1. The molecular formula is C12H20N4O. The van der Waals surface area contributed by atoms with Crippen LogP contribution >= 0.6 is 0 Å². The van der Waals surface area contributed by atoms with Crippen LogP contribution in [0.1, 0.15) is 62.7 Å². The molecular weight excluding hydrogens is 216 g/mol. The summed E-state index contributed by atoms with van der Waals surface area (Å²) >= 11 is 0. The fraction of sp³-hybridized carbons (Fsp3) is 0.750. The number of rotatable bonds is 3. The molecule has 0 saturated heterocycles. The Hall–Kier alpha value is -1.23. The highest BCUT2D eigenvalue weighted by Crippen LogP contribution is 2.31. The number of nitrogens with zero attached hydrogens (tertiary/aromatic N) is 3. The molecule has 5 heteroatoms. The first kappa shape index (κ1) is 12.2. The molecule has 2 rings (SSSR count). The molecule has 0 aromatic carbocycles. The Labute approximate surface area is 102 Å². The third kappa shape index (κ3) is 2.91. The van der Waals surface area contributed by atoms with Gasteiger partial charge >= 0.3 is 0 Å². The maximum absolute atomic E-state index is 5.74. The molecule has 1 unspecified atom stereocenters. The van der Waals surface area contributed by atoms with Gasteiger partial charge in [-0.05, 0) is 19.8 Å². The van der Waals surface area contributed by atoms with Crippen LogP contribution in [-0.2, 0) is 4.74 Å². The van der Waals surface area contributed by atoms with Gasteiger partial charge in [-0.1, -0.05) is 19.3 Å². The van der Waals surface area contributed by atoms with Gasteiger partial charge in [-0.3, -0.25) is 0 Å². The first-order chi connectivity index (χ1) is 8.20. The topological polar surface area (TPSA) is 73.9 Å². The second kappa shape index (κ2) is 5.40. The molecule has 1 saturated carbocycles. The van der Waals surface area contributed by atoms with E-state index in [1.165, 1.54) is 19.3 Å². The first-order valence-corrected chi connectivity index (χ1v) is 6.25. The van der Waals surface area contributed by atoms with Crippen molar-refractivity contribution >= 4 is 5.95 Å². The summed E-state index contributed by atoms with van der Waals surface area (Å²) < 4.78 is 5.23. The zero-order valence-electron chi connectivity index (χ0n) is 10.5. The Morgan fingerprint density at radius 1 is 1.18 bits per heavy atom. The Bertz CT molecular complexity index is 377. The molecule has 1 aromatic rings. The van der Waals surface area contributed by atoms with Crippen molar-refractivity contribution in [1.82, 2.24) is 15.0 Å². The van der Waals surface area contributed by atoms with Crippen molar-refractivity contribution in [2.75, 3.05) is 12.8 Å². The second-order valence-corrected chi connectivity index (χ2v) is 4.62. The minimum Gasteiger partial charge on any atom is -0.374 e. The Morgan fingerprint density at radius 3 is 2.53 bits per heavy atom. The average Bonchev–Trinajstić information content (AvgIpc) is 2.38. The minimum atomic E-state index is -0.136. The maximum Gasteiger partial charge on any atom is 0.223 e. The van der Waals surface area contributed by atoms with E-state index in [2.05, 4.69) is 15.0 Å². The molecule has 1 aliphatic rings. The molecule has 1 heterocycles. The predicted molar refractivity (Wildman–Crippen MR) is 65.5 cm³/mol. The van der Waals surface area contributed by atoms with Gasteiger partial charge < -0.3 is 10.5 Å². The maximum atomic E-state index is 5.74. The summed E-state index contributed by atoms with van der Waals surface area (Å²) in [6.07, 6.45) is 6.01. The molecule has 2 N–H and O–H groups in total. The molecule has 0 amide bonds. The van der Waals surface area contributed by atoms with Crippen molar-refractivity contribution in [3.8, 4) is 0 Å². The molecule has 1 fully saturated rings. The number of hydrogen-bond acceptors (Lipinski definition) is 5. The normalized spacial score (nSPS) is 19.2. The average molecular weight is 236 g/mol. The van der Waals surface area contributed by atoms with Crippen molar-refractivity contribution in [3.63, 3.8) is 0 Å². The van der Waals surface area contributed by atoms with Gasteiger partial charge in [0.25, 0.3) is 0 Å². The molecule has 0 spiro atoms. The summed E-state index contributed by atoms with van der Waals surface area (Å²) in [5.74, 6) is 2.23. The number of ether oxygens (including phenoxy) is 1. The van der Waals surface area contributed by atoms with Crippen molar-refractivity contribution < 1.29 is 4.74 Å². The van der Waals surface area contributed by atoms with Crippen LogP contribution in [0.2, 0.25) is 0 Å². The number of methoxy groups -OCH3 is 1. The second-order valence-electron chi connectivity index (χ2n) is 4.62. The summed E-state index contributed by atoms with van der Waals surface area (Å²) in [4.78, 5) is 12.9. The lowest BCUT2D eigenvalue weighted by Gasteiger charge is -2.21. The summed E-state index contributed by atoms with van der Waals surface area (Å²) in [6, 6.07) is 0. The van der Waals surface area contributed by atoms with Crippen molar-refractivity contribution in [1.29, 1.82) is 0 Å². The van der Waals surface area contributed by atoms with Crippen molar-refractivity contribution in [2.45, 2.75) is 51.0 Å². The minimum absolute atomic E-state index is 0.136. The van der Waals surface area contributed by atoms with Gasteiger partial charge in [-0.15, -0.1) is 0 Å². The van der Waals surface area contributed by atoms with E-state index in [9.17, 15) is 0 Å². The van der Waals surface area contributed by atoms with Crippen LogP contribution in [0.4, 0.5) is 5.95 Å². The molecule has 0 aliphatic heterocycles. The van der Waals surface area contributed by atoms with Crippen molar-refractivity contribution in [3.05, 3.63) is 11.6 Å². The molecule has 1 aromatic heterocycles. The third-order valence-electron chi connectivity index (χ3n) is 3.37.